The van der Waals surface area contributed by atoms with Crippen LogP contribution in [0.5, 0.6) is 11.5 Å². The van der Waals surface area contributed by atoms with Gasteiger partial charge in [0.05, 0.1) is 13.7 Å². The number of benzene rings is 2. The molecular formula is C21H21FO5. The van der Waals surface area contributed by atoms with Gasteiger partial charge in [-0.1, -0.05) is 6.07 Å². The number of ketones is 1. The van der Waals surface area contributed by atoms with E-state index in [2.05, 4.69) is 0 Å². The molecule has 2 aromatic carbocycles. The molecule has 0 bridgehead atoms. The third-order valence-electron chi connectivity index (χ3n) is 3.69. The van der Waals surface area contributed by atoms with Crippen LogP contribution in [0.25, 0.3) is 6.08 Å². The van der Waals surface area contributed by atoms with Crippen LogP contribution >= 0.6 is 0 Å². The summed E-state index contributed by atoms with van der Waals surface area (Å²) in [6.45, 7) is 3.85. The first-order valence-electron chi connectivity index (χ1n) is 8.44. The van der Waals surface area contributed by atoms with Crippen molar-refractivity contribution in [2.75, 3.05) is 13.7 Å². The lowest BCUT2D eigenvalue weighted by atomic mass is 10.1. The molecule has 0 spiro atoms. The molecular weight excluding hydrogens is 351 g/mol. The topological polar surface area (TPSA) is 61.8 Å². The number of hydrogen-bond acceptors (Lipinski definition) is 5. The second kappa shape index (κ2) is 9.52. The normalized spacial score (nSPS) is 11.9. The molecule has 0 aliphatic carbocycles. The number of ether oxygens (including phenoxy) is 3. The van der Waals surface area contributed by atoms with Gasteiger partial charge < -0.3 is 14.2 Å². The van der Waals surface area contributed by atoms with Gasteiger partial charge in [0.25, 0.3) is 0 Å². The van der Waals surface area contributed by atoms with Gasteiger partial charge in [-0.15, -0.1) is 0 Å². The molecule has 0 radical (unpaired) electrons. The lowest BCUT2D eigenvalue weighted by Gasteiger charge is -2.11. The van der Waals surface area contributed by atoms with Gasteiger partial charge in [0.2, 0.25) is 5.78 Å². The van der Waals surface area contributed by atoms with E-state index in [9.17, 15) is 14.0 Å². The SMILES string of the molecule is CCOc1ccc(/C=C/C(=O)O[C@H](C)C(=O)c2ccc(F)cc2)cc1OC. The van der Waals surface area contributed by atoms with Crippen molar-refractivity contribution in [1.82, 2.24) is 0 Å². The summed E-state index contributed by atoms with van der Waals surface area (Å²) in [7, 11) is 1.53. The van der Waals surface area contributed by atoms with Crippen molar-refractivity contribution in [2.45, 2.75) is 20.0 Å². The van der Waals surface area contributed by atoms with Crippen molar-refractivity contribution in [1.29, 1.82) is 0 Å². The Hall–Kier alpha value is -3.15. The van der Waals surface area contributed by atoms with Crippen LogP contribution in [-0.4, -0.2) is 31.6 Å². The maximum atomic E-state index is 12.9. The summed E-state index contributed by atoms with van der Waals surface area (Å²) in [5.41, 5.74) is 0.988. The van der Waals surface area contributed by atoms with E-state index in [4.69, 9.17) is 14.2 Å². The summed E-state index contributed by atoms with van der Waals surface area (Å²) < 4.78 is 28.7. The van der Waals surface area contributed by atoms with E-state index in [-0.39, 0.29) is 5.56 Å². The van der Waals surface area contributed by atoms with Crippen LogP contribution in [0.1, 0.15) is 29.8 Å². The van der Waals surface area contributed by atoms with E-state index in [0.717, 1.165) is 0 Å². The van der Waals surface area contributed by atoms with Crippen LogP contribution < -0.4 is 9.47 Å². The Labute approximate surface area is 157 Å². The minimum absolute atomic E-state index is 0.275. The molecule has 0 saturated heterocycles. The van der Waals surface area contributed by atoms with Crippen molar-refractivity contribution >= 4 is 17.8 Å². The number of carbonyl (C=O) groups is 2. The molecule has 142 valence electrons. The van der Waals surface area contributed by atoms with Gasteiger partial charge in [-0.25, -0.2) is 9.18 Å². The summed E-state index contributed by atoms with van der Waals surface area (Å²) in [4.78, 5) is 24.2. The first kappa shape index (κ1) is 20.2. The zero-order valence-electron chi connectivity index (χ0n) is 15.4. The lowest BCUT2D eigenvalue weighted by molar-refractivity contribution is -0.140. The third kappa shape index (κ3) is 5.67. The quantitative estimate of drug-likeness (QED) is 0.397. The average Bonchev–Trinajstić information content (AvgIpc) is 2.67. The fourth-order valence-electron chi connectivity index (χ4n) is 2.34. The number of Topliss-reactive ketones (excluding diaryl/α,β-unsaturated/α-hetero) is 1. The maximum absolute atomic E-state index is 12.9. The minimum Gasteiger partial charge on any atom is -0.493 e. The van der Waals surface area contributed by atoms with Gasteiger partial charge in [-0.2, -0.15) is 0 Å². The molecule has 6 heteroatoms. The first-order chi connectivity index (χ1) is 12.9. The molecule has 2 aromatic rings. The van der Waals surface area contributed by atoms with Crippen LogP contribution in [0.3, 0.4) is 0 Å². The first-order valence-corrected chi connectivity index (χ1v) is 8.44. The Bertz CT molecular complexity index is 827. The van der Waals surface area contributed by atoms with Crippen molar-refractivity contribution < 1.29 is 28.2 Å². The Morgan fingerprint density at radius 2 is 1.81 bits per heavy atom. The molecule has 0 heterocycles. The van der Waals surface area contributed by atoms with Gasteiger partial charge in [0.15, 0.2) is 17.6 Å². The van der Waals surface area contributed by atoms with Crippen LogP contribution in [0.15, 0.2) is 48.5 Å². The van der Waals surface area contributed by atoms with Gasteiger partial charge in [0, 0.05) is 11.6 Å². The van der Waals surface area contributed by atoms with Crippen molar-refractivity contribution in [3.05, 3.63) is 65.5 Å². The monoisotopic (exact) mass is 372 g/mol. The summed E-state index contributed by atoms with van der Waals surface area (Å²) >= 11 is 0. The highest BCUT2D eigenvalue weighted by atomic mass is 19.1. The van der Waals surface area contributed by atoms with E-state index in [0.29, 0.717) is 23.7 Å². The molecule has 0 fully saturated rings. The molecule has 0 unspecified atom stereocenters. The lowest BCUT2D eigenvalue weighted by Crippen LogP contribution is -2.23. The molecule has 0 aromatic heterocycles. The second-order valence-corrected chi connectivity index (χ2v) is 5.63. The van der Waals surface area contributed by atoms with Gasteiger partial charge in [-0.05, 0) is 61.9 Å². The third-order valence-corrected chi connectivity index (χ3v) is 3.69. The van der Waals surface area contributed by atoms with E-state index < -0.39 is 23.7 Å². The number of halogens is 1. The van der Waals surface area contributed by atoms with Crippen LogP contribution in [-0.2, 0) is 9.53 Å². The molecule has 0 N–H and O–H groups in total. The Kier molecular flexibility index (Phi) is 7.11. The smallest absolute Gasteiger partial charge is 0.331 e. The highest BCUT2D eigenvalue weighted by molar-refractivity contribution is 6.01. The molecule has 0 aliphatic rings. The number of hydrogen-bond donors (Lipinski definition) is 0. The molecule has 0 amide bonds. The number of rotatable bonds is 8. The fraction of sp³-hybridized carbons (Fsp3) is 0.238. The fourth-order valence-corrected chi connectivity index (χ4v) is 2.34. The Balaban J connectivity index is 2.00. The van der Waals surface area contributed by atoms with Crippen molar-refractivity contribution in [3.8, 4) is 11.5 Å². The van der Waals surface area contributed by atoms with Crippen LogP contribution in [0.4, 0.5) is 4.39 Å². The summed E-state index contributed by atoms with van der Waals surface area (Å²) in [5.74, 6) is -0.347. The highest BCUT2D eigenvalue weighted by Crippen LogP contribution is 2.28. The van der Waals surface area contributed by atoms with Crippen molar-refractivity contribution in [3.63, 3.8) is 0 Å². The predicted octanol–water partition coefficient (Wildman–Crippen LogP) is 4.06. The molecule has 0 saturated carbocycles. The number of carbonyl (C=O) groups excluding carboxylic acids is 2. The second-order valence-electron chi connectivity index (χ2n) is 5.63. The van der Waals surface area contributed by atoms with E-state index >= 15 is 0 Å². The summed E-state index contributed by atoms with van der Waals surface area (Å²) in [5, 5.41) is 0. The maximum Gasteiger partial charge on any atom is 0.331 e. The molecule has 0 aliphatic heterocycles. The predicted molar refractivity (Wildman–Crippen MR) is 99.5 cm³/mol. The molecule has 2 rings (SSSR count). The van der Waals surface area contributed by atoms with E-state index in [1.165, 1.54) is 44.4 Å². The number of esters is 1. The van der Waals surface area contributed by atoms with Crippen molar-refractivity contribution in [2.24, 2.45) is 0 Å². The average molecular weight is 372 g/mol. The van der Waals surface area contributed by atoms with Gasteiger partial charge in [-0.3, -0.25) is 4.79 Å². The largest absolute Gasteiger partial charge is 0.493 e. The van der Waals surface area contributed by atoms with E-state index in [1.54, 1.807) is 24.3 Å². The van der Waals surface area contributed by atoms with Crippen LogP contribution in [0, 0.1) is 5.82 Å². The summed E-state index contributed by atoms with van der Waals surface area (Å²) in [6, 6.07) is 10.3. The molecule has 1 atom stereocenters. The number of methoxy groups -OCH3 is 1. The molecule has 5 nitrogen and oxygen atoms in total. The zero-order chi connectivity index (χ0) is 19.8. The van der Waals surface area contributed by atoms with E-state index in [1.807, 2.05) is 6.92 Å². The Morgan fingerprint density at radius 3 is 2.44 bits per heavy atom. The standard InChI is InChI=1S/C21H21FO5/c1-4-26-18-11-5-15(13-19(18)25-3)6-12-20(23)27-14(2)21(24)16-7-9-17(22)10-8-16/h5-14H,4H2,1-3H3/b12-6+/t14-/m1/s1. The van der Waals surface area contributed by atoms with Gasteiger partial charge >= 0.3 is 5.97 Å². The highest BCUT2D eigenvalue weighted by Gasteiger charge is 2.18. The zero-order valence-corrected chi connectivity index (χ0v) is 15.4. The molecule has 27 heavy (non-hydrogen) atoms. The Morgan fingerprint density at radius 1 is 1.11 bits per heavy atom. The van der Waals surface area contributed by atoms with Crippen LogP contribution in [0.2, 0.25) is 0 Å². The summed E-state index contributed by atoms with van der Waals surface area (Å²) in [6.07, 6.45) is 1.79. The van der Waals surface area contributed by atoms with Gasteiger partial charge in [0.1, 0.15) is 5.82 Å². The minimum atomic E-state index is -0.984.